The number of para-hydroxylation sites is 1. The molecule has 10 heteroatoms. The second-order valence-electron chi connectivity index (χ2n) is 8.36. The molecule has 1 N–H and O–H groups in total. The number of halogens is 1. The number of fused-ring (bicyclic) bond motifs is 1. The van der Waals surface area contributed by atoms with E-state index < -0.39 is 6.04 Å². The van der Waals surface area contributed by atoms with Crippen molar-refractivity contribution in [1.29, 1.82) is 0 Å². The van der Waals surface area contributed by atoms with Crippen LogP contribution < -0.4 is 14.8 Å². The Balaban J connectivity index is 1.62. The molecule has 37 heavy (non-hydrogen) atoms. The van der Waals surface area contributed by atoms with E-state index in [-0.39, 0.29) is 24.9 Å². The summed E-state index contributed by atoms with van der Waals surface area (Å²) >= 11 is 6.06. The average molecular weight is 522 g/mol. The van der Waals surface area contributed by atoms with E-state index in [1.807, 2.05) is 43.3 Å². The number of amides is 2. The minimum atomic E-state index is -0.759. The van der Waals surface area contributed by atoms with Gasteiger partial charge in [-0.05, 0) is 48.4 Å². The van der Waals surface area contributed by atoms with Gasteiger partial charge in [0.1, 0.15) is 29.6 Å². The van der Waals surface area contributed by atoms with E-state index in [1.165, 1.54) is 7.11 Å². The first kappa shape index (κ1) is 26.0. The van der Waals surface area contributed by atoms with Gasteiger partial charge in [-0.15, -0.1) is 5.10 Å². The lowest BCUT2D eigenvalue weighted by atomic mass is 10.1. The molecule has 1 atom stereocenters. The zero-order valence-electron chi connectivity index (χ0n) is 20.8. The molecule has 3 aromatic carbocycles. The highest BCUT2D eigenvalue weighted by Crippen LogP contribution is 2.29. The molecule has 0 bridgehead atoms. The van der Waals surface area contributed by atoms with Crippen molar-refractivity contribution < 1.29 is 19.1 Å². The monoisotopic (exact) mass is 521 g/mol. The molecule has 0 fully saturated rings. The first-order chi connectivity index (χ1) is 17.9. The van der Waals surface area contributed by atoms with Crippen molar-refractivity contribution in [2.45, 2.75) is 32.5 Å². The van der Waals surface area contributed by atoms with Gasteiger partial charge in [0.2, 0.25) is 11.8 Å². The number of hydrogen-bond donors (Lipinski definition) is 1. The van der Waals surface area contributed by atoms with Crippen LogP contribution >= 0.6 is 11.6 Å². The van der Waals surface area contributed by atoms with Crippen LogP contribution in [-0.2, 0) is 22.7 Å². The number of nitrogens with zero attached hydrogens (tertiary/aromatic N) is 4. The summed E-state index contributed by atoms with van der Waals surface area (Å²) in [5.41, 5.74) is 2.75. The molecule has 192 valence electrons. The molecule has 4 rings (SSSR count). The van der Waals surface area contributed by atoms with Crippen LogP contribution in [0.25, 0.3) is 11.0 Å². The van der Waals surface area contributed by atoms with Crippen molar-refractivity contribution in [1.82, 2.24) is 19.9 Å². The molecule has 0 radical (unpaired) electrons. The lowest BCUT2D eigenvalue weighted by Gasteiger charge is -2.31. The van der Waals surface area contributed by atoms with Gasteiger partial charge in [0.15, 0.2) is 0 Å². The summed E-state index contributed by atoms with van der Waals surface area (Å²) in [4.78, 5) is 28.8. The fourth-order valence-electron chi connectivity index (χ4n) is 4.08. The molecule has 1 aromatic heterocycles. The molecular formula is C27H28ClN5O4. The van der Waals surface area contributed by atoms with Crippen molar-refractivity contribution >= 4 is 40.1 Å². The highest BCUT2D eigenvalue weighted by molar-refractivity contribution is 6.30. The van der Waals surface area contributed by atoms with Gasteiger partial charge in [-0.3, -0.25) is 9.59 Å². The number of aromatic nitrogens is 3. The number of hydrogen-bond acceptors (Lipinski definition) is 6. The van der Waals surface area contributed by atoms with Gasteiger partial charge in [0, 0.05) is 17.6 Å². The van der Waals surface area contributed by atoms with Crippen molar-refractivity contribution in [3.8, 4) is 11.5 Å². The minimum absolute atomic E-state index is 0.0657. The molecule has 4 aromatic rings. The Labute approximate surface area is 219 Å². The summed E-state index contributed by atoms with van der Waals surface area (Å²) in [6.07, 6.45) is 0.391. The van der Waals surface area contributed by atoms with Gasteiger partial charge in [0.25, 0.3) is 0 Å². The summed E-state index contributed by atoms with van der Waals surface area (Å²) in [5.74, 6) is 0.444. The van der Waals surface area contributed by atoms with Gasteiger partial charge < -0.3 is 19.7 Å². The predicted molar refractivity (Wildman–Crippen MR) is 142 cm³/mol. The maximum absolute atomic E-state index is 13.7. The van der Waals surface area contributed by atoms with Crippen LogP contribution in [0.15, 0.2) is 66.7 Å². The van der Waals surface area contributed by atoms with E-state index in [0.29, 0.717) is 34.1 Å². The van der Waals surface area contributed by atoms with Gasteiger partial charge >= 0.3 is 0 Å². The maximum Gasteiger partial charge on any atom is 0.247 e. The molecule has 0 aliphatic heterocycles. The quantitative estimate of drug-likeness (QED) is 0.329. The number of methoxy groups -OCH3 is 2. The fraction of sp³-hybridized carbons (Fsp3) is 0.259. The number of carbonyl (C=O) groups excluding carboxylic acids is 2. The Hall–Kier alpha value is -4.11. The summed E-state index contributed by atoms with van der Waals surface area (Å²) in [6.45, 7) is 2.01. The Kier molecular flexibility index (Phi) is 8.25. The third kappa shape index (κ3) is 6.00. The molecule has 0 aliphatic rings. The second-order valence-corrected chi connectivity index (χ2v) is 8.80. The Morgan fingerprint density at radius 1 is 1.05 bits per heavy atom. The van der Waals surface area contributed by atoms with Gasteiger partial charge in [-0.25, -0.2) is 4.68 Å². The van der Waals surface area contributed by atoms with E-state index in [4.69, 9.17) is 21.1 Å². The van der Waals surface area contributed by atoms with Gasteiger partial charge in [0.05, 0.1) is 25.4 Å². The third-order valence-corrected chi connectivity index (χ3v) is 6.28. The number of rotatable bonds is 10. The predicted octanol–water partition coefficient (Wildman–Crippen LogP) is 4.55. The fourth-order valence-corrected chi connectivity index (χ4v) is 4.20. The zero-order valence-corrected chi connectivity index (χ0v) is 21.6. The number of ether oxygens (including phenoxy) is 2. The summed E-state index contributed by atoms with van der Waals surface area (Å²) in [7, 11) is 3.07. The Morgan fingerprint density at radius 3 is 2.51 bits per heavy atom. The van der Waals surface area contributed by atoms with Crippen LogP contribution in [0.1, 0.15) is 18.9 Å². The molecule has 1 unspecified atom stereocenters. The lowest BCUT2D eigenvalue weighted by Crippen LogP contribution is -2.47. The molecule has 0 aliphatic carbocycles. The lowest BCUT2D eigenvalue weighted by molar-refractivity contribution is -0.140. The first-order valence-corrected chi connectivity index (χ1v) is 12.2. The van der Waals surface area contributed by atoms with Crippen LogP contribution in [0.2, 0.25) is 5.02 Å². The van der Waals surface area contributed by atoms with E-state index in [0.717, 1.165) is 11.1 Å². The first-order valence-electron chi connectivity index (χ1n) is 11.8. The smallest absolute Gasteiger partial charge is 0.247 e. The van der Waals surface area contributed by atoms with E-state index >= 15 is 0 Å². The Morgan fingerprint density at radius 2 is 1.81 bits per heavy atom. The van der Waals surface area contributed by atoms with Crippen LogP contribution in [0.5, 0.6) is 11.5 Å². The summed E-state index contributed by atoms with van der Waals surface area (Å²) in [5, 5.41) is 11.8. The number of anilines is 1. The van der Waals surface area contributed by atoms with E-state index in [2.05, 4.69) is 15.6 Å². The second kappa shape index (κ2) is 11.7. The zero-order chi connectivity index (χ0) is 26.4. The van der Waals surface area contributed by atoms with E-state index in [9.17, 15) is 9.59 Å². The summed E-state index contributed by atoms with van der Waals surface area (Å²) in [6, 6.07) is 19.0. The van der Waals surface area contributed by atoms with Crippen molar-refractivity contribution in [2.24, 2.45) is 0 Å². The molecule has 0 spiro atoms. The SMILES string of the molecule is CCC(C(=O)Nc1ccc(OC)cc1OC)N(Cc1ccc(Cl)cc1)C(=O)Cn1nnc2ccccc21. The van der Waals surface area contributed by atoms with Crippen LogP contribution in [-0.4, -0.2) is 52.0 Å². The molecule has 9 nitrogen and oxygen atoms in total. The van der Waals surface area contributed by atoms with Crippen LogP contribution in [0.4, 0.5) is 5.69 Å². The molecule has 0 saturated carbocycles. The number of benzene rings is 3. The minimum Gasteiger partial charge on any atom is -0.497 e. The maximum atomic E-state index is 13.7. The van der Waals surface area contributed by atoms with Crippen molar-refractivity contribution in [2.75, 3.05) is 19.5 Å². The average Bonchev–Trinajstić information content (AvgIpc) is 3.32. The largest absolute Gasteiger partial charge is 0.497 e. The standard InChI is InChI=1S/C27H28ClN5O4/c1-4-23(27(35)29-22-14-13-20(36-2)15-25(22)37-3)32(16-18-9-11-19(28)12-10-18)26(34)17-33-24-8-6-5-7-21(24)30-31-33/h5-15,23H,4,16-17H2,1-3H3,(H,29,35). The Bertz CT molecular complexity index is 1390. The molecule has 1 heterocycles. The van der Waals surface area contributed by atoms with Crippen LogP contribution in [0.3, 0.4) is 0 Å². The normalized spacial score (nSPS) is 11.7. The van der Waals surface area contributed by atoms with Gasteiger partial charge in [-0.1, -0.05) is 48.0 Å². The highest BCUT2D eigenvalue weighted by Gasteiger charge is 2.30. The highest BCUT2D eigenvalue weighted by atomic mass is 35.5. The molecular weight excluding hydrogens is 494 g/mol. The van der Waals surface area contributed by atoms with Crippen molar-refractivity contribution in [3.05, 3.63) is 77.3 Å². The van der Waals surface area contributed by atoms with Gasteiger partial charge in [-0.2, -0.15) is 0 Å². The topological polar surface area (TPSA) is 98.6 Å². The molecule has 2 amide bonds. The van der Waals surface area contributed by atoms with Crippen LogP contribution in [0, 0.1) is 0 Å². The number of nitrogens with one attached hydrogen (secondary N) is 1. The third-order valence-electron chi connectivity index (χ3n) is 6.02. The van der Waals surface area contributed by atoms with E-state index in [1.54, 1.807) is 47.0 Å². The van der Waals surface area contributed by atoms with Crippen molar-refractivity contribution in [3.63, 3.8) is 0 Å². The molecule has 0 saturated heterocycles. The summed E-state index contributed by atoms with van der Waals surface area (Å²) < 4.78 is 12.2. The number of carbonyl (C=O) groups is 2.